The summed E-state index contributed by atoms with van der Waals surface area (Å²) >= 11 is 0. The minimum Gasteiger partial charge on any atom is -0.435 e. The average Bonchev–Trinajstić information content (AvgIpc) is 2.90. The largest absolute Gasteiger partial charge is 0.435 e. The van der Waals surface area contributed by atoms with Crippen molar-refractivity contribution in [3.8, 4) is 5.75 Å². The third-order valence-corrected chi connectivity index (χ3v) is 3.10. The van der Waals surface area contributed by atoms with Gasteiger partial charge in [-0.2, -0.15) is 8.78 Å². The number of hydrogen-bond acceptors (Lipinski definition) is 3. The van der Waals surface area contributed by atoms with Crippen LogP contribution in [-0.4, -0.2) is 28.7 Å². The molecule has 0 spiro atoms. The summed E-state index contributed by atoms with van der Waals surface area (Å²) in [6, 6.07) is 9.12. The molecule has 0 radical (unpaired) electrons. The lowest BCUT2D eigenvalue weighted by molar-refractivity contribution is -0.0499. The number of nitrogens with one attached hydrogen (secondary N) is 1. The fourth-order valence-corrected chi connectivity index (χ4v) is 1.99. The first-order valence-electron chi connectivity index (χ1n) is 6.59. The third kappa shape index (κ3) is 4.05. The van der Waals surface area contributed by atoms with E-state index in [0.717, 1.165) is 0 Å². The minimum absolute atomic E-state index is 0.0395. The molecule has 1 amide bonds. The molecule has 1 atom stereocenters. The van der Waals surface area contributed by atoms with Crippen LogP contribution in [0.25, 0.3) is 0 Å². The minimum atomic E-state index is -2.93. The molecule has 0 saturated carbocycles. The second-order valence-electron chi connectivity index (χ2n) is 4.68. The number of carbonyl (C=O) groups excluding carboxylic acids is 1. The monoisotopic (exact) mass is 310 g/mol. The molecule has 2 rings (SSSR count). The van der Waals surface area contributed by atoms with E-state index in [1.54, 1.807) is 36.0 Å². The number of carbonyl (C=O) groups is 1. The molecule has 22 heavy (non-hydrogen) atoms. The number of aromatic nitrogens is 1. The number of halogens is 2. The topological polar surface area (TPSA) is 63.5 Å². The number of aliphatic hydroxyl groups is 1. The molecule has 1 unspecified atom stereocenters. The smallest absolute Gasteiger partial charge is 0.387 e. The van der Waals surface area contributed by atoms with Crippen molar-refractivity contribution in [2.24, 2.45) is 7.05 Å². The van der Waals surface area contributed by atoms with Crippen molar-refractivity contribution < 1.29 is 23.4 Å². The van der Waals surface area contributed by atoms with Gasteiger partial charge in [0.25, 0.3) is 5.91 Å². The normalized spacial score (nSPS) is 12.2. The van der Waals surface area contributed by atoms with Gasteiger partial charge in [0.15, 0.2) is 0 Å². The lowest BCUT2D eigenvalue weighted by atomic mass is 10.1. The highest BCUT2D eigenvalue weighted by Crippen LogP contribution is 2.20. The molecule has 0 aliphatic carbocycles. The molecular formula is C15H16F2N2O3. The van der Waals surface area contributed by atoms with E-state index in [0.29, 0.717) is 11.3 Å². The number of hydrogen-bond donors (Lipinski definition) is 2. The van der Waals surface area contributed by atoms with Gasteiger partial charge in [0.1, 0.15) is 11.4 Å². The fourth-order valence-electron chi connectivity index (χ4n) is 1.99. The van der Waals surface area contributed by atoms with Crippen molar-refractivity contribution in [2.45, 2.75) is 12.7 Å². The van der Waals surface area contributed by atoms with Gasteiger partial charge in [0, 0.05) is 19.8 Å². The first-order valence-corrected chi connectivity index (χ1v) is 6.59. The van der Waals surface area contributed by atoms with Crippen LogP contribution in [0.2, 0.25) is 0 Å². The van der Waals surface area contributed by atoms with Crippen molar-refractivity contribution in [1.82, 2.24) is 9.88 Å². The van der Waals surface area contributed by atoms with Gasteiger partial charge in [-0.05, 0) is 29.8 Å². The van der Waals surface area contributed by atoms with Crippen molar-refractivity contribution >= 4 is 5.91 Å². The van der Waals surface area contributed by atoms with Gasteiger partial charge in [-0.1, -0.05) is 12.1 Å². The van der Waals surface area contributed by atoms with Crippen LogP contribution in [0.5, 0.6) is 5.75 Å². The number of amides is 1. The fraction of sp³-hybridized carbons (Fsp3) is 0.267. The maximum absolute atomic E-state index is 12.2. The molecule has 7 heteroatoms. The third-order valence-electron chi connectivity index (χ3n) is 3.10. The van der Waals surface area contributed by atoms with E-state index >= 15 is 0 Å². The molecule has 2 aromatic rings. The van der Waals surface area contributed by atoms with Gasteiger partial charge in [-0.3, -0.25) is 4.79 Å². The Morgan fingerprint density at radius 1 is 1.36 bits per heavy atom. The number of nitrogens with zero attached hydrogens (tertiary/aromatic N) is 1. The lowest BCUT2D eigenvalue weighted by Gasteiger charge is -2.14. The number of aliphatic hydroxyl groups excluding tert-OH is 1. The predicted octanol–water partition coefficient (Wildman–Crippen LogP) is 2.09. The molecule has 1 aromatic heterocycles. The van der Waals surface area contributed by atoms with E-state index in [9.17, 15) is 18.7 Å². The molecule has 0 bridgehead atoms. The molecule has 118 valence electrons. The van der Waals surface area contributed by atoms with Gasteiger partial charge < -0.3 is 19.7 Å². The Balaban J connectivity index is 1.96. The number of alkyl halides is 2. The van der Waals surface area contributed by atoms with E-state index in [2.05, 4.69) is 10.1 Å². The average molecular weight is 310 g/mol. The van der Waals surface area contributed by atoms with Crippen LogP contribution in [0.3, 0.4) is 0 Å². The summed E-state index contributed by atoms with van der Waals surface area (Å²) in [4.78, 5) is 11.9. The molecule has 0 aliphatic heterocycles. The van der Waals surface area contributed by atoms with Crippen LogP contribution >= 0.6 is 0 Å². The summed E-state index contributed by atoms with van der Waals surface area (Å²) in [5, 5.41) is 12.6. The SMILES string of the molecule is Cn1cccc1C(=O)NCC(O)c1cccc(OC(F)F)c1. The summed E-state index contributed by atoms with van der Waals surface area (Å²) in [5.41, 5.74) is 0.840. The number of aryl methyl sites for hydroxylation is 1. The van der Waals surface area contributed by atoms with Gasteiger partial charge in [0.05, 0.1) is 6.10 Å². The van der Waals surface area contributed by atoms with Crippen LogP contribution in [0.4, 0.5) is 8.78 Å². The van der Waals surface area contributed by atoms with E-state index in [-0.39, 0.29) is 18.2 Å². The van der Waals surface area contributed by atoms with E-state index < -0.39 is 12.7 Å². The highest BCUT2D eigenvalue weighted by Gasteiger charge is 2.14. The zero-order valence-corrected chi connectivity index (χ0v) is 11.9. The highest BCUT2D eigenvalue weighted by atomic mass is 19.3. The molecule has 0 saturated heterocycles. The summed E-state index contributed by atoms with van der Waals surface area (Å²) < 4.78 is 30.2. The Labute approximate surface area is 126 Å². The quantitative estimate of drug-likeness (QED) is 0.859. The molecule has 1 aromatic carbocycles. The Kier molecular flexibility index (Phi) is 5.11. The van der Waals surface area contributed by atoms with Crippen molar-refractivity contribution in [2.75, 3.05) is 6.54 Å². The summed E-state index contributed by atoms with van der Waals surface area (Å²) in [6.07, 6.45) is 0.710. The zero-order chi connectivity index (χ0) is 16.1. The number of rotatable bonds is 6. The summed E-state index contributed by atoms with van der Waals surface area (Å²) in [7, 11) is 1.73. The first-order chi connectivity index (χ1) is 10.5. The van der Waals surface area contributed by atoms with Crippen LogP contribution in [0, 0.1) is 0 Å². The van der Waals surface area contributed by atoms with Crippen molar-refractivity contribution in [1.29, 1.82) is 0 Å². The van der Waals surface area contributed by atoms with E-state index in [1.807, 2.05) is 0 Å². The van der Waals surface area contributed by atoms with E-state index in [1.165, 1.54) is 18.2 Å². The van der Waals surface area contributed by atoms with Crippen LogP contribution < -0.4 is 10.1 Å². The number of ether oxygens (including phenoxy) is 1. The van der Waals surface area contributed by atoms with Gasteiger partial charge in [0.2, 0.25) is 0 Å². The Hall–Kier alpha value is -2.41. The Bertz CT molecular complexity index is 643. The van der Waals surface area contributed by atoms with Crippen LogP contribution in [0.15, 0.2) is 42.6 Å². The van der Waals surface area contributed by atoms with Gasteiger partial charge >= 0.3 is 6.61 Å². The standard InChI is InChI=1S/C15H16F2N2O3/c1-19-7-3-6-12(19)14(21)18-9-13(20)10-4-2-5-11(8-10)22-15(16)17/h2-8,13,15,20H,9H2,1H3,(H,18,21). The number of benzene rings is 1. The maximum atomic E-state index is 12.2. The molecule has 0 fully saturated rings. The van der Waals surface area contributed by atoms with Crippen LogP contribution in [0.1, 0.15) is 22.2 Å². The predicted molar refractivity (Wildman–Crippen MR) is 75.8 cm³/mol. The first kappa shape index (κ1) is 16.0. The Morgan fingerprint density at radius 2 is 2.14 bits per heavy atom. The van der Waals surface area contributed by atoms with Gasteiger partial charge in [-0.25, -0.2) is 0 Å². The van der Waals surface area contributed by atoms with Crippen LogP contribution in [-0.2, 0) is 7.05 Å². The molecular weight excluding hydrogens is 294 g/mol. The van der Waals surface area contributed by atoms with Gasteiger partial charge in [-0.15, -0.1) is 0 Å². The lowest BCUT2D eigenvalue weighted by Crippen LogP contribution is -2.29. The zero-order valence-electron chi connectivity index (χ0n) is 11.9. The summed E-state index contributed by atoms with van der Waals surface area (Å²) in [6.45, 7) is -2.97. The highest BCUT2D eigenvalue weighted by molar-refractivity contribution is 5.92. The van der Waals surface area contributed by atoms with Crippen molar-refractivity contribution in [3.05, 3.63) is 53.9 Å². The van der Waals surface area contributed by atoms with E-state index in [4.69, 9.17) is 0 Å². The second kappa shape index (κ2) is 7.04. The molecule has 5 nitrogen and oxygen atoms in total. The summed E-state index contributed by atoms with van der Waals surface area (Å²) in [5.74, 6) is -0.369. The Morgan fingerprint density at radius 3 is 2.77 bits per heavy atom. The molecule has 0 aliphatic rings. The van der Waals surface area contributed by atoms with Crippen molar-refractivity contribution in [3.63, 3.8) is 0 Å². The maximum Gasteiger partial charge on any atom is 0.387 e. The second-order valence-corrected chi connectivity index (χ2v) is 4.68. The molecule has 1 heterocycles. The molecule has 2 N–H and O–H groups in total.